The molecule has 1 rings (SSSR count). The van der Waals surface area contributed by atoms with Gasteiger partial charge in [-0.15, -0.1) is 0 Å². The van der Waals surface area contributed by atoms with Gasteiger partial charge in [-0.3, -0.25) is 0 Å². The van der Waals surface area contributed by atoms with Crippen LogP contribution in [0.2, 0.25) is 0 Å². The molecule has 0 aromatic heterocycles. The fourth-order valence-electron chi connectivity index (χ4n) is 0.794. The molecule has 0 radical (unpaired) electrons. The lowest BCUT2D eigenvalue weighted by atomic mass is 10.1. The molecule has 1 heteroatoms. The SMILES string of the molecule is CC(C)C#Cc1ccc(N)cc1. The molecule has 0 fully saturated rings. The summed E-state index contributed by atoms with van der Waals surface area (Å²) in [5.41, 5.74) is 7.34. The first-order valence-corrected chi connectivity index (χ1v) is 4.05. The third kappa shape index (κ3) is 2.67. The van der Waals surface area contributed by atoms with Gasteiger partial charge >= 0.3 is 0 Å². The van der Waals surface area contributed by atoms with Crippen LogP contribution in [0.15, 0.2) is 24.3 Å². The molecule has 0 aliphatic rings. The van der Waals surface area contributed by atoms with Gasteiger partial charge in [0, 0.05) is 17.2 Å². The van der Waals surface area contributed by atoms with Crippen LogP contribution in [0.25, 0.3) is 0 Å². The smallest absolute Gasteiger partial charge is 0.0314 e. The third-order valence-electron chi connectivity index (χ3n) is 1.42. The monoisotopic (exact) mass is 159 g/mol. The quantitative estimate of drug-likeness (QED) is 0.456. The van der Waals surface area contributed by atoms with Gasteiger partial charge in [0.15, 0.2) is 0 Å². The number of nitrogens with two attached hydrogens (primary N) is 1. The summed E-state index contributed by atoms with van der Waals surface area (Å²) in [6.07, 6.45) is 0. The average Bonchev–Trinajstić information content (AvgIpc) is 2.03. The van der Waals surface area contributed by atoms with E-state index in [0.717, 1.165) is 11.3 Å². The van der Waals surface area contributed by atoms with E-state index in [9.17, 15) is 0 Å². The average molecular weight is 159 g/mol. The molecule has 62 valence electrons. The molecular formula is C11H13N. The normalized spacial score (nSPS) is 9.25. The van der Waals surface area contributed by atoms with E-state index in [-0.39, 0.29) is 0 Å². The zero-order chi connectivity index (χ0) is 8.97. The molecule has 1 aromatic rings. The molecule has 2 N–H and O–H groups in total. The van der Waals surface area contributed by atoms with Crippen molar-refractivity contribution in [1.29, 1.82) is 0 Å². The summed E-state index contributed by atoms with van der Waals surface area (Å²) in [4.78, 5) is 0. The van der Waals surface area contributed by atoms with Gasteiger partial charge in [-0.1, -0.05) is 25.7 Å². The molecule has 0 bridgehead atoms. The fraction of sp³-hybridized carbons (Fsp3) is 0.273. The Labute approximate surface area is 73.6 Å². The van der Waals surface area contributed by atoms with Crippen molar-refractivity contribution in [1.82, 2.24) is 0 Å². The summed E-state index contributed by atoms with van der Waals surface area (Å²) < 4.78 is 0. The first-order chi connectivity index (χ1) is 5.68. The van der Waals surface area contributed by atoms with Gasteiger partial charge in [0.25, 0.3) is 0 Å². The molecule has 0 aliphatic carbocycles. The summed E-state index contributed by atoms with van der Waals surface area (Å²) >= 11 is 0. The molecular weight excluding hydrogens is 146 g/mol. The number of anilines is 1. The molecule has 0 spiro atoms. The van der Waals surface area contributed by atoms with Crippen molar-refractivity contribution in [2.24, 2.45) is 5.92 Å². The van der Waals surface area contributed by atoms with Gasteiger partial charge in [0.2, 0.25) is 0 Å². The minimum atomic E-state index is 0.419. The lowest BCUT2D eigenvalue weighted by Crippen LogP contribution is -1.84. The molecule has 0 unspecified atom stereocenters. The van der Waals surface area contributed by atoms with Crippen molar-refractivity contribution in [3.8, 4) is 11.8 Å². The predicted molar refractivity (Wildman–Crippen MR) is 52.6 cm³/mol. The maximum absolute atomic E-state index is 5.53. The van der Waals surface area contributed by atoms with Gasteiger partial charge in [-0.25, -0.2) is 0 Å². The van der Waals surface area contributed by atoms with E-state index in [4.69, 9.17) is 5.73 Å². The molecule has 1 aromatic carbocycles. The van der Waals surface area contributed by atoms with Crippen molar-refractivity contribution in [3.63, 3.8) is 0 Å². The van der Waals surface area contributed by atoms with Gasteiger partial charge < -0.3 is 5.73 Å². The molecule has 1 nitrogen and oxygen atoms in total. The van der Waals surface area contributed by atoms with Gasteiger partial charge in [0.05, 0.1) is 0 Å². The van der Waals surface area contributed by atoms with E-state index in [1.54, 1.807) is 0 Å². The first-order valence-electron chi connectivity index (χ1n) is 4.05. The second kappa shape index (κ2) is 3.82. The Morgan fingerprint density at radius 2 is 1.75 bits per heavy atom. The lowest BCUT2D eigenvalue weighted by molar-refractivity contribution is 0.866. The maximum atomic E-state index is 5.53. The highest BCUT2D eigenvalue weighted by atomic mass is 14.5. The van der Waals surface area contributed by atoms with Crippen molar-refractivity contribution in [3.05, 3.63) is 29.8 Å². The van der Waals surface area contributed by atoms with Crippen LogP contribution in [-0.4, -0.2) is 0 Å². The predicted octanol–water partition coefficient (Wildman–Crippen LogP) is 2.28. The molecule has 0 heterocycles. The molecule has 0 aliphatic heterocycles. The molecule has 0 atom stereocenters. The van der Waals surface area contributed by atoms with Gasteiger partial charge in [-0.2, -0.15) is 0 Å². The summed E-state index contributed by atoms with van der Waals surface area (Å²) in [5, 5.41) is 0. The summed E-state index contributed by atoms with van der Waals surface area (Å²) in [6.45, 7) is 4.15. The van der Waals surface area contributed by atoms with E-state index in [1.165, 1.54) is 0 Å². The second-order valence-corrected chi connectivity index (χ2v) is 3.05. The Morgan fingerprint density at radius 1 is 1.17 bits per heavy atom. The Kier molecular flexibility index (Phi) is 2.76. The number of nitrogen functional groups attached to an aromatic ring is 1. The van der Waals surface area contributed by atoms with Crippen LogP contribution in [0.1, 0.15) is 19.4 Å². The molecule has 0 saturated heterocycles. The summed E-state index contributed by atoms with van der Waals surface area (Å²) in [7, 11) is 0. The van der Waals surface area contributed by atoms with Crippen LogP contribution < -0.4 is 5.73 Å². The number of hydrogen-bond acceptors (Lipinski definition) is 1. The zero-order valence-electron chi connectivity index (χ0n) is 7.46. The zero-order valence-corrected chi connectivity index (χ0v) is 7.46. The van der Waals surface area contributed by atoms with Crippen LogP contribution in [0.3, 0.4) is 0 Å². The molecule has 0 saturated carbocycles. The highest BCUT2D eigenvalue weighted by molar-refractivity contribution is 5.44. The lowest BCUT2D eigenvalue weighted by Gasteiger charge is -1.92. The summed E-state index contributed by atoms with van der Waals surface area (Å²) in [6, 6.07) is 7.60. The van der Waals surface area contributed by atoms with Gasteiger partial charge in [0.1, 0.15) is 0 Å². The highest BCUT2D eigenvalue weighted by Gasteiger charge is 1.86. The Bertz CT molecular complexity index is 298. The largest absolute Gasteiger partial charge is 0.399 e. The van der Waals surface area contributed by atoms with Crippen molar-refractivity contribution < 1.29 is 0 Å². The maximum Gasteiger partial charge on any atom is 0.0314 e. The van der Waals surface area contributed by atoms with E-state index in [2.05, 4.69) is 25.7 Å². The minimum Gasteiger partial charge on any atom is -0.399 e. The standard InChI is InChI=1S/C11H13N/c1-9(2)3-4-10-5-7-11(12)8-6-10/h5-9H,12H2,1-2H3. The minimum absolute atomic E-state index is 0.419. The van der Waals surface area contributed by atoms with Crippen LogP contribution in [-0.2, 0) is 0 Å². The van der Waals surface area contributed by atoms with Crippen LogP contribution in [0.5, 0.6) is 0 Å². The van der Waals surface area contributed by atoms with Crippen LogP contribution in [0, 0.1) is 17.8 Å². The van der Waals surface area contributed by atoms with E-state index in [0.29, 0.717) is 5.92 Å². The Balaban J connectivity index is 2.79. The fourth-order valence-corrected chi connectivity index (χ4v) is 0.794. The highest BCUT2D eigenvalue weighted by Crippen LogP contribution is 2.03. The Hall–Kier alpha value is -1.42. The summed E-state index contributed by atoms with van der Waals surface area (Å²) in [5.74, 6) is 6.58. The second-order valence-electron chi connectivity index (χ2n) is 3.05. The third-order valence-corrected chi connectivity index (χ3v) is 1.42. The van der Waals surface area contributed by atoms with Crippen molar-refractivity contribution in [2.45, 2.75) is 13.8 Å². The van der Waals surface area contributed by atoms with E-state index in [1.807, 2.05) is 24.3 Å². The topological polar surface area (TPSA) is 26.0 Å². The van der Waals surface area contributed by atoms with Crippen LogP contribution in [0.4, 0.5) is 5.69 Å². The van der Waals surface area contributed by atoms with Crippen molar-refractivity contribution >= 4 is 5.69 Å². The van der Waals surface area contributed by atoms with Crippen LogP contribution >= 0.6 is 0 Å². The molecule has 12 heavy (non-hydrogen) atoms. The molecule has 0 amide bonds. The van der Waals surface area contributed by atoms with Crippen molar-refractivity contribution in [2.75, 3.05) is 5.73 Å². The number of rotatable bonds is 0. The Morgan fingerprint density at radius 3 is 2.25 bits per heavy atom. The number of benzene rings is 1. The van der Waals surface area contributed by atoms with E-state index < -0.39 is 0 Å². The number of hydrogen-bond donors (Lipinski definition) is 1. The first kappa shape index (κ1) is 8.67. The van der Waals surface area contributed by atoms with Gasteiger partial charge in [-0.05, 0) is 24.3 Å². The van der Waals surface area contributed by atoms with E-state index >= 15 is 0 Å².